The lowest BCUT2D eigenvalue weighted by Crippen LogP contribution is -2.55. The number of halogens is 1. The molecule has 0 spiro atoms. The predicted octanol–water partition coefficient (Wildman–Crippen LogP) is 5.66. The van der Waals surface area contributed by atoms with Gasteiger partial charge in [-0.25, -0.2) is 0 Å². The Labute approximate surface area is 200 Å². The van der Waals surface area contributed by atoms with E-state index in [0.29, 0.717) is 36.0 Å². The Hall–Kier alpha value is -1.57. The van der Waals surface area contributed by atoms with Crippen molar-refractivity contribution < 1.29 is 14.6 Å². The molecule has 3 saturated carbocycles. The zero-order chi connectivity index (χ0) is 22.7. The molecule has 0 heterocycles. The molecule has 0 amide bonds. The summed E-state index contributed by atoms with van der Waals surface area (Å²) >= 11 is 3.96. The van der Waals surface area contributed by atoms with Gasteiger partial charge in [-0.05, 0) is 98.0 Å². The van der Waals surface area contributed by atoms with E-state index >= 15 is 0 Å². The van der Waals surface area contributed by atoms with E-state index in [1.54, 1.807) is 7.11 Å². The topological polar surface area (TPSA) is 46.5 Å². The van der Waals surface area contributed by atoms with Crippen LogP contribution in [0.15, 0.2) is 35.9 Å². The number of fused-ring (bicyclic) bond motifs is 5. The molecule has 4 heteroatoms. The highest BCUT2D eigenvalue weighted by atomic mass is 79.9. The number of ether oxygens (including phenoxy) is 1. The quantitative estimate of drug-likeness (QED) is 0.424. The highest BCUT2D eigenvalue weighted by molar-refractivity contribution is 9.09. The lowest BCUT2D eigenvalue weighted by atomic mass is 9.46. The Kier molecular flexibility index (Phi) is 5.58. The van der Waals surface area contributed by atoms with Crippen molar-refractivity contribution in [1.82, 2.24) is 0 Å². The van der Waals surface area contributed by atoms with Crippen molar-refractivity contribution >= 4 is 21.7 Å². The van der Waals surface area contributed by atoms with E-state index < -0.39 is 5.60 Å². The summed E-state index contributed by atoms with van der Waals surface area (Å²) in [5, 5.41) is 11.8. The van der Waals surface area contributed by atoms with Crippen molar-refractivity contribution in [3.05, 3.63) is 41.5 Å². The van der Waals surface area contributed by atoms with Gasteiger partial charge < -0.3 is 9.84 Å². The minimum atomic E-state index is -0.928. The number of methoxy groups -OCH3 is 1. The summed E-state index contributed by atoms with van der Waals surface area (Å²) in [6.45, 7) is 4.13. The summed E-state index contributed by atoms with van der Waals surface area (Å²) in [5.74, 6) is 9.63. The summed E-state index contributed by atoms with van der Waals surface area (Å²) in [5.41, 5.74) is 1.47. The molecule has 8 atom stereocenters. The molecule has 0 aliphatic heterocycles. The Morgan fingerprint density at radius 3 is 2.62 bits per heavy atom. The van der Waals surface area contributed by atoms with Gasteiger partial charge in [0.1, 0.15) is 11.4 Å². The molecular weight excluding hydrogens is 464 g/mol. The minimum absolute atomic E-state index is 0.236. The number of alkyl halides is 1. The lowest BCUT2D eigenvalue weighted by Gasteiger charge is -2.59. The van der Waals surface area contributed by atoms with E-state index in [0.717, 1.165) is 37.9 Å². The first-order valence-electron chi connectivity index (χ1n) is 12.0. The highest BCUT2D eigenvalue weighted by Crippen LogP contribution is 2.68. The molecule has 3 fully saturated rings. The van der Waals surface area contributed by atoms with Gasteiger partial charge in [0, 0.05) is 16.7 Å². The lowest BCUT2D eigenvalue weighted by molar-refractivity contribution is -0.117. The third-order valence-corrected chi connectivity index (χ3v) is 10.2. The first-order valence-corrected chi connectivity index (χ1v) is 12.9. The number of benzene rings is 1. The van der Waals surface area contributed by atoms with E-state index in [1.807, 2.05) is 13.0 Å². The molecule has 1 aromatic rings. The molecule has 1 N–H and O–H groups in total. The maximum atomic E-state index is 12.3. The van der Waals surface area contributed by atoms with Gasteiger partial charge in [-0.3, -0.25) is 4.79 Å². The van der Waals surface area contributed by atoms with Crippen LogP contribution in [0.1, 0.15) is 63.9 Å². The third kappa shape index (κ3) is 3.23. The Bertz CT molecular complexity index is 1000. The molecule has 0 aromatic heterocycles. The zero-order valence-corrected chi connectivity index (χ0v) is 20.8. The number of carbonyl (C=O) groups excluding carboxylic acids is 1. The van der Waals surface area contributed by atoms with Crippen LogP contribution in [0.3, 0.4) is 0 Å². The van der Waals surface area contributed by atoms with Gasteiger partial charge in [-0.15, -0.1) is 5.92 Å². The first kappa shape index (κ1) is 22.2. The Morgan fingerprint density at radius 2 is 1.94 bits per heavy atom. The summed E-state index contributed by atoms with van der Waals surface area (Å²) in [7, 11) is 1.70. The molecule has 32 heavy (non-hydrogen) atoms. The Balaban J connectivity index is 1.63. The fraction of sp³-hybridized carbons (Fsp3) is 0.607. The maximum absolute atomic E-state index is 12.3. The van der Waals surface area contributed by atoms with E-state index in [9.17, 15) is 9.90 Å². The predicted molar refractivity (Wildman–Crippen MR) is 130 cm³/mol. The van der Waals surface area contributed by atoms with Crippen molar-refractivity contribution in [3.63, 3.8) is 0 Å². The van der Waals surface area contributed by atoms with E-state index in [1.165, 1.54) is 11.1 Å². The van der Waals surface area contributed by atoms with Gasteiger partial charge in [-0.1, -0.05) is 40.9 Å². The van der Waals surface area contributed by atoms with Gasteiger partial charge >= 0.3 is 0 Å². The van der Waals surface area contributed by atoms with Crippen molar-refractivity contribution in [1.29, 1.82) is 0 Å². The van der Waals surface area contributed by atoms with Crippen LogP contribution in [0.25, 0.3) is 0 Å². The molecule has 4 aliphatic rings. The number of hydrogen-bond acceptors (Lipinski definition) is 3. The van der Waals surface area contributed by atoms with Crippen LogP contribution >= 0.6 is 15.9 Å². The van der Waals surface area contributed by atoms with Gasteiger partial charge in [0.05, 0.1) is 7.11 Å². The summed E-state index contributed by atoms with van der Waals surface area (Å²) in [6.07, 6.45) is 7.29. The molecule has 0 radical (unpaired) electrons. The zero-order valence-electron chi connectivity index (χ0n) is 19.2. The van der Waals surface area contributed by atoms with Crippen LogP contribution in [0.5, 0.6) is 5.75 Å². The number of carbonyl (C=O) groups is 1. The van der Waals surface area contributed by atoms with Gasteiger partial charge in [-0.2, -0.15) is 0 Å². The summed E-state index contributed by atoms with van der Waals surface area (Å²) in [6, 6.07) is 8.54. The van der Waals surface area contributed by atoms with E-state index in [4.69, 9.17) is 4.74 Å². The van der Waals surface area contributed by atoms with Gasteiger partial charge in [0.2, 0.25) is 0 Å². The largest absolute Gasteiger partial charge is 0.497 e. The molecule has 4 aliphatic carbocycles. The average Bonchev–Trinajstić information content (AvgIpc) is 3.04. The van der Waals surface area contributed by atoms with Crippen LogP contribution in [0.2, 0.25) is 0 Å². The second-order valence-electron chi connectivity index (χ2n) is 10.6. The van der Waals surface area contributed by atoms with Crippen LogP contribution in [0.4, 0.5) is 0 Å². The van der Waals surface area contributed by atoms with Crippen molar-refractivity contribution in [2.75, 3.05) is 7.11 Å². The fourth-order valence-electron chi connectivity index (χ4n) is 7.89. The normalized spacial score (nSPS) is 42.7. The van der Waals surface area contributed by atoms with E-state index in [-0.39, 0.29) is 16.0 Å². The number of hydrogen-bond donors (Lipinski definition) is 1. The van der Waals surface area contributed by atoms with Crippen molar-refractivity contribution in [2.45, 2.75) is 68.7 Å². The second kappa shape index (κ2) is 8.03. The molecule has 0 saturated heterocycles. The maximum Gasteiger partial charge on any atom is 0.155 e. The standard InChI is InChI=1S/C28H33BrO3/c1-4-12-28(31)13-11-24-22-15-25(29)21-14-18(30)7-10-20(21)26(22)23(16-27(24,28)2)17-5-8-19(32-3)9-6-17/h5-6,8-9,14,20,22-26,31H,7,10-11,13,15-16H2,1-3H3/t20-,22-,23+,24-,25+,26+,27-,28-/m0/s1. The van der Waals surface area contributed by atoms with Gasteiger partial charge in [0.25, 0.3) is 0 Å². The third-order valence-electron chi connectivity index (χ3n) is 9.34. The Morgan fingerprint density at radius 1 is 1.19 bits per heavy atom. The molecular formula is C28H33BrO3. The highest BCUT2D eigenvalue weighted by Gasteiger charge is 2.65. The second-order valence-corrected chi connectivity index (χ2v) is 11.7. The summed E-state index contributed by atoms with van der Waals surface area (Å²) in [4.78, 5) is 12.5. The number of allylic oxidation sites excluding steroid dienone is 1. The molecule has 5 rings (SSSR count). The number of ketones is 1. The SMILES string of the molecule is CC#C[C@]1(O)CC[C@H]2[C@@H]3C[C@@H](Br)C4=CC(=O)CC[C@@H]4[C@H]3[C@@H](c3ccc(OC)cc3)C[C@@]21C. The van der Waals surface area contributed by atoms with Gasteiger partial charge in [0.15, 0.2) is 5.78 Å². The fourth-order valence-corrected chi connectivity index (χ4v) is 8.79. The minimum Gasteiger partial charge on any atom is -0.497 e. The van der Waals surface area contributed by atoms with Crippen LogP contribution in [-0.2, 0) is 4.79 Å². The molecule has 3 nitrogen and oxygen atoms in total. The average molecular weight is 497 g/mol. The summed E-state index contributed by atoms with van der Waals surface area (Å²) < 4.78 is 5.42. The van der Waals surface area contributed by atoms with Crippen molar-refractivity contribution in [2.24, 2.45) is 29.1 Å². The molecule has 1 aromatic carbocycles. The number of aliphatic hydroxyl groups is 1. The van der Waals surface area contributed by atoms with Crippen LogP contribution in [-0.4, -0.2) is 28.4 Å². The van der Waals surface area contributed by atoms with Crippen LogP contribution < -0.4 is 4.74 Å². The monoisotopic (exact) mass is 496 g/mol. The molecule has 0 bridgehead atoms. The van der Waals surface area contributed by atoms with Crippen LogP contribution in [0, 0.1) is 40.9 Å². The number of rotatable bonds is 2. The van der Waals surface area contributed by atoms with Crippen molar-refractivity contribution in [3.8, 4) is 17.6 Å². The molecule has 0 unspecified atom stereocenters. The molecule has 170 valence electrons. The first-order chi connectivity index (χ1) is 15.3. The van der Waals surface area contributed by atoms with E-state index in [2.05, 4.69) is 59.0 Å². The smallest absolute Gasteiger partial charge is 0.155 e.